The Morgan fingerprint density at radius 3 is 3.16 bits per heavy atom. The van der Waals surface area contributed by atoms with Gasteiger partial charge >= 0.3 is 0 Å². The number of amides is 1. The van der Waals surface area contributed by atoms with E-state index in [1.165, 1.54) is 11.3 Å². The molecule has 1 aliphatic heterocycles. The van der Waals surface area contributed by atoms with E-state index in [0.717, 1.165) is 32.5 Å². The van der Waals surface area contributed by atoms with Crippen LogP contribution in [0.4, 0.5) is 5.13 Å². The molecular weight excluding hydrogens is 264 g/mol. The molecule has 7 heteroatoms. The topological polar surface area (TPSA) is 67.4 Å². The average molecular weight is 284 g/mol. The SMILES string of the molecule is CCNc1nnc(C(=O)N2CCCC(COC)C2)s1. The van der Waals surface area contributed by atoms with Gasteiger partial charge in [-0.05, 0) is 25.7 Å². The number of aromatic nitrogens is 2. The van der Waals surface area contributed by atoms with Crippen molar-refractivity contribution in [1.82, 2.24) is 15.1 Å². The fourth-order valence-corrected chi connectivity index (χ4v) is 3.07. The third-order valence-electron chi connectivity index (χ3n) is 3.14. The third-order valence-corrected chi connectivity index (χ3v) is 4.01. The van der Waals surface area contributed by atoms with Gasteiger partial charge in [-0.2, -0.15) is 0 Å². The Kier molecular flexibility index (Phi) is 5.09. The van der Waals surface area contributed by atoms with Gasteiger partial charge in [0.15, 0.2) is 0 Å². The molecule has 0 saturated carbocycles. The van der Waals surface area contributed by atoms with Crippen molar-refractivity contribution in [1.29, 1.82) is 0 Å². The molecule has 1 N–H and O–H groups in total. The maximum absolute atomic E-state index is 12.3. The molecule has 1 aromatic rings. The number of hydrogen-bond donors (Lipinski definition) is 1. The fraction of sp³-hybridized carbons (Fsp3) is 0.750. The summed E-state index contributed by atoms with van der Waals surface area (Å²) in [5.41, 5.74) is 0. The molecule has 1 fully saturated rings. The third kappa shape index (κ3) is 3.63. The van der Waals surface area contributed by atoms with Gasteiger partial charge in [-0.15, -0.1) is 10.2 Å². The van der Waals surface area contributed by atoms with E-state index < -0.39 is 0 Å². The maximum atomic E-state index is 12.3. The smallest absolute Gasteiger partial charge is 0.284 e. The number of carbonyl (C=O) groups excluding carboxylic acids is 1. The number of hydrogen-bond acceptors (Lipinski definition) is 6. The van der Waals surface area contributed by atoms with Crippen molar-refractivity contribution in [3.8, 4) is 0 Å². The van der Waals surface area contributed by atoms with Crippen LogP contribution in [0.15, 0.2) is 0 Å². The molecule has 106 valence electrons. The van der Waals surface area contributed by atoms with E-state index in [0.29, 0.717) is 22.7 Å². The predicted octanol–water partition coefficient (Wildman–Crippen LogP) is 1.47. The maximum Gasteiger partial charge on any atom is 0.284 e. The minimum atomic E-state index is -0.0116. The van der Waals surface area contributed by atoms with Crippen molar-refractivity contribution in [3.05, 3.63) is 5.01 Å². The van der Waals surface area contributed by atoms with Crippen molar-refractivity contribution in [2.24, 2.45) is 5.92 Å². The van der Waals surface area contributed by atoms with Crippen LogP contribution in [-0.2, 0) is 4.74 Å². The number of ether oxygens (including phenoxy) is 1. The molecule has 19 heavy (non-hydrogen) atoms. The molecule has 0 aromatic carbocycles. The first-order valence-corrected chi connectivity index (χ1v) is 7.41. The standard InChI is InChI=1S/C12H20N4O2S/c1-3-13-12-15-14-10(19-12)11(17)16-6-4-5-9(7-16)8-18-2/h9H,3-8H2,1-2H3,(H,13,15). The van der Waals surface area contributed by atoms with Crippen LogP contribution in [0.3, 0.4) is 0 Å². The quantitative estimate of drug-likeness (QED) is 0.887. The number of rotatable bonds is 5. The highest BCUT2D eigenvalue weighted by molar-refractivity contribution is 7.17. The minimum absolute atomic E-state index is 0.0116. The van der Waals surface area contributed by atoms with E-state index in [9.17, 15) is 4.79 Å². The molecule has 1 aliphatic rings. The van der Waals surface area contributed by atoms with Crippen LogP contribution >= 0.6 is 11.3 Å². The lowest BCUT2D eigenvalue weighted by atomic mass is 9.99. The molecule has 0 spiro atoms. The predicted molar refractivity (Wildman–Crippen MR) is 74.6 cm³/mol. The van der Waals surface area contributed by atoms with Crippen LogP contribution in [0.5, 0.6) is 0 Å². The van der Waals surface area contributed by atoms with Gasteiger partial charge in [0.25, 0.3) is 5.91 Å². The average Bonchev–Trinajstić information content (AvgIpc) is 2.88. The number of anilines is 1. The van der Waals surface area contributed by atoms with Crippen molar-refractivity contribution in [2.45, 2.75) is 19.8 Å². The molecule has 1 aromatic heterocycles. The summed E-state index contributed by atoms with van der Waals surface area (Å²) in [5.74, 6) is 0.423. The molecule has 1 atom stereocenters. The Hall–Kier alpha value is -1.21. The zero-order valence-corrected chi connectivity index (χ0v) is 12.2. The highest BCUT2D eigenvalue weighted by Crippen LogP contribution is 2.21. The normalized spacial score (nSPS) is 19.5. The van der Waals surface area contributed by atoms with Crippen molar-refractivity contribution < 1.29 is 9.53 Å². The largest absolute Gasteiger partial charge is 0.384 e. The second kappa shape index (κ2) is 6.81. The van der Waals surface area contributed by atoms with Gasteiger partial charge < -0.3 is 15.0 Å². The lowest BCUT2D eigenvalue weighted by molar-refractivity contribution is 0.0570. The van der Waals surface area contributed by atoms with Crippen molar-refractivity contribution in [2.75, 3.05) is 38.7 Å². The van der Waals surface area contributed by atoms with E-state index in [2.05, 4.69) is 15.5 Å². The zero-order valence-electron chi connectivity index (χ0n) is 11.4. The van der Waals surface area contributed by atoms with Gasteiger partial charge in [0.1, 0.15) is 0 Å². The second-order valence-corrected chi connectivity index (χ2v) is 5.63. The van der Waals surface area contributed by atoms with Crippen LogP contribution < -0.4 is 5.32 Å². The first kappa shape index (κ1) is 14.2. The summed E-state index contributed by atoms with van der Waals surface area (Å²) in [6.07, 6.45) is 2.15. The van der Waals surface area contributed by atoms with Gasteiger partial charge in [-0.3, -0.25) is 4.79 Å². The molecule has 2 rings (SSSR count). The Balaban J connectivity index is 1.97. The highest BCUT2D eigenvalue weighted by atomic mass is 32.1. The van der Waals surface area contributed by atoms with Gasteiger partial charge in [0.05, 0.1) is 6.61 Å². The highest BCUT2D eigenvalue weighted by Gasteiger charge is 2.26. The zero-order chi connectivity index (χ0) is 13.7. The molecule has 1 amide bonds. The van der Waals surface area contributed by atoms with E-state index in [4.69, 9.17) is 4.74 Å². The van der Waals surface area contributed by atoms with Crippen LogP contribution in [0.2, 0.25) is 0 Å². The number of nitrogens with zero attached hydrogens (tertiary/aromatic N) is 3. The second-order valence-electron chi connectivity index (χ2n) is 4.66. The fourth-order valence-electron chi connectivity index (χ4n) is 2.29. The Bertz CT molecular complexity index is 422. The van der Waals surface area contributed by atoms with E-state index >= 15 is 0 Å². The summed E-state index contributed by atoms with van der Waals surface area (Å²) < 4.78 is 5.18. The number of carbonyl (C=O) groups is 1. The van der Waals surface area contributed by atoms with E-state index in [-0.39, 0.29) is 5.91 Å². The number of nitrogens with one attached hydrogen (secondary N) is 1. The van der Waals surface area contributed by atoms with Crippen molar-refractivity contribution in [3.63, 3.8) is 0 Å². The Morgan fingerprint density at radius 1 is 1.58 bits per heavy atom. The summed E-state index contributed by atoms with van der Waals surface area (Å²) in [5, 5.41) is 12.2. The molecule has 2 heterocycles. The number of likely N-dealkylation sites (tertiary alicyclic amines) is 1. The van der Waals surface area contributed by atoms with Crippen LogP contribution in [-0.4, -0.2) is 54.4 Å². The molecule has 0 bridgehead atoms. The Morgan fingerprint density at radius 2 is 2.42 bits per heavy atom. The Labute approximate surface area is 117 Å². The van der Waals surface area contributed by atoms with E-state index in [1.807, 2.05) is 11.8 Å². The first-order chi connectivity index (χ1) is 9.24. The van der Waals surface area contributed by atoms with Gasteiger partial charge in [-0.25, -0.2) is 0 Å². The van der Waals surface area contributed by atoms with Crippen LogP contribution in [0, 0.1) is 5.92 Å². The summed E-state index contributed by atoms with van der Waals surface area (Å²) in [7, 11) is 1.70. The molecule has 0 aliphatic carbocycles. The van der Waals surface area contributed by atoms with Gasteiger partial charge in [0.2, 0.25) is 10.1 Å². The number of methoxy groups -OCH3 is 1. The lowest BCUT2D eigenvalue weighted by Crippen LogP contribution is -2.41. The summed E-state index contributed by atoms with van der Waals surface area (Å²) >= 11 is 1.32. The molecule has 1 unspecified atom stereocenters. The van der Waals surface area contributed by atoms with Crippen LogP contribution in [0.25, 0.3) is 0 Å². The number of piperidine rings is 1. The van der Waals surface area contributed by atoms with Crippen LogP contribution in [0.1, 0.15) is 29.6 Å². The minimum Gasteiger partial charge on any atom is -0.384 e. The van der Waals surface area contributed by atoms with Gasteiger partial charge in [-0.1, -0.05) is 11.3 Å². The van der Waals surface area contributed by atoms with E-state index in [1.54, 1.807) is 7.11 Å². The molecule has 0 radical (unpaired) electrons. The monoisotopic (exact) mass is 284 g/mol. The summed E-state index contributed by atoms with van der Waals surface area (Å²) in [6, 6.07) is 0. The summed E-state index contributed by atoms with van der Waals surface area (Å²) in [6.45, 7) is 5.03. The van der Waals surface area contributed by atoms with Gasteiger partial charge in [0, 0.05) is 26.7 Å². The van der Waals surface area contributed by atoms with Crippen molar-refractivity contribution >= 4 is 22.4 Å². The molecular formula is C12H20N4O2S. The molecule has 6 nitrogen and oxygen atoms in total. The molecule has 1 saturated heterocycles. The lowest BCUT2D eigenvalue weighted by Gasteiger charge is -2.31. The summed E-state index contributed by atoms with van der Waals surface area (Å²) in [4.78, 5) is 14.2. The first-order valence-electron chi connectivity index (χ1n) is 6.60.